The first-order valence-electron chi connectivity index (χ1n) is 9.10. The van der Waals surface area contributed by atoms with Crippen molar-refractivity contribution in [3.8, 4) is 11.4 Å². The Morgan fingerprint density at radius 2 is 1.82 bits per heavy atom. The van der Waals surface area contributed by atoms with E-state index in [1.54, 1.807) is 0 Å². The first kappa shape index (κ1) is 18.4. The van der Waals surface area contributed by atoms with E-state index >= 15 is 0 Å². The number of carbonyl (C=O) groups excluding carboxylic acids is 1. The van der Waals surface area contributed by atoms with Gasteiger partial charge >= 0.3 is 0 Å². The first-order valence-corrected chi connectivity index (χ1v) is 9.89. The van der Waals surface area contributed by atoms with Gasteiger partial charge in [-0.05, 0) is 55.3 Å². The van der Waals surface area contributed by atoms with Crippen LogP contribution < -0.4 is 5.32 Å². The van der Waals surface area contributed by atoms with Gasteiger partial charge in [0.1, 0.15) is 12.4 Å². The van der Waals surface area contributed by atoms with Crippen molar-refractivity contribution in [2.75, 3.05) is 5.32 Å². The highest BCUT2D eigenvalue weighted by Gasteiger charge is 2.16. The van der Waals surface area contributed by atoms with Crippen molar-refractivity contribution in [3.05, 3.63) is 82.3 Å². The van der Waals surface area contributed by atoms with Crippen LogP contribution in [0.15, 0.2) is 71.2 Å². The Labute approximate surface area is 172 Å². The lowest BCUT2D eigenvalue weighted by Crippen LogP contribution is -2.20. The molecule has 0 aliphatic carbocycles. The molecule has 28 heavy (non-hydrogen) atoms. The van der Waals surface area contributed by atoms with Gasteiger partial charge in [0, 0.05) is 15.7 Å². The number of nitrogens with zero attached hydrogens (tertiary/aromatic N) is 2. The number of amides is 1. The van der Waals surface area contributed by atoms with Gasteiger partial charge in [-0.1, -0.05) is 52.3 Å². The van der Waals surface area contributed by atoms with Crippen molar-refractivity contribution in [2.45, 2.75) is 20.4 Å². The van der Waals surface area contributed by atoms with E-state index in [4.69, 9.17) is 4.98 Å². The highest BCUT2D eigenvalue weighted by atomic mass is 79.9. The molecular weight excluding hydrogens is 414 g/mol. The van der Waals surface area contributed by atoms with Gasteiger partial charge in [-0.25, -0.2) is 4.98 Å². The Bertz CT molecular complexity index is 1180. The average Bonchev–Trinajstić information content (AvgIpc) is 3.04. The summed E-state index contributed by atoms with van der Waals surface area (Å²) in [6.45, 7) is 4.25. The molecule has 0 saturated carbocycles. The predicted molar refractivity (Wildman–Crippen MR) is 117 cm³/mol. The Morgan fingerprint density at radius 1 is 1.04 bits per heavy atom. The zero-order valence-electron chi connectivity index (χ0n) is 15.7. The van der Waals surface area contributed by atoms with Crippen molar-refractivity contribution < 1.29 is 4.79 Å². The first-order chi connectivity index (χ1) is 13.5. The minimum absolute atomic E-state index is 0.0758. The number of aromatic nitrogens is 2. The summed E-state index contributed by atoms with van der Waals surface area (Å²) in [5, 5.41) is 3.05. The fourth-order valence-corrected chi connectivity index (χ4v) is 3.70. The molecule has 0 bridgehead atoms. The molecule has 5 heteroatoms. The maximum absolute atomic E-state index is 12.9. The van der Waals surface area contributed by atoms with Gasteiger partial charge in [0.25, 0.3) is 0 Å². The SMILES string of the molecule is Cc1cccc(NC(=O)Cn2c(-c3cccc(Br)c3)nc3ccccc32)c1C. The monoisotopic (exact) mass is 433 g/mol. The minimum Gasteiger partial charge on any atom is -0.324 e. The summed E-state index contributed by atoms with van der Waals surface area (Å²) in [6, 6.07) is 21.8. The number of rotatable bonds is 4. The normalized spacial score (nSPS) is 11.0. The van der Waals surface area contributed by atoms with E-state index in [-0.39, 0.29) is 12.5 Å². The molecule has 0 atom stereocenters. The second-order valence-electron chi connectivity index (χ2n) is 6.82. The quantitative estimate of drug-likeness (QED) is 0.447. The summed E-state index contributed by atoms with van der Waals surface area (Å²) < 4.78 is 2.95. The number of para-hydroxylation sites is 2. The number of nitrogens with one attached hydrogen (secondary N) is 1. The lowest BCUT2D eigenvalue weighted by atomic mass is 10.1. The second-order valence-corrected chi connectivity index (χ2v) is 7.73. The summed E-state index contributed by atoms with van der Waals surface area (Å²) in [5.74, 6) is 0.701. The molecule has 4 rings (SSSR count). The number of hydrogen-bond acceptors (Lipinski definition) is 2. The van der Waals surface area contributed by atoms with Gasteiger partial charge in [0.15, 0.2) is 0 Å². The van der Waals surface area contributed by atoms with E-state index in [1.807, 2.05) is 85.1 Å². The van der Waals surface area contributed by atoms with Crippen LogP contribution in [0, 0.1) is 13.8 Å². The van der Waals surface area contributed by atoms with Gasteiger partial charge in [0.05, 0.1) is 11.0 Å². The summed E-state index contributed by atoms with van der Waals surface area (Å²) in [6.07, 6.45) is 0. The minimum atomic E-state index is -0.0758. The highest BCUT2D eigenvalue weighted by molar-refractivity contribution is 9.10. The maximum atomic E-state index is 12.9. The second kappa shape index (κ2) is 7.60. The van der Waals surface area contributed by atoms with Crippen LogP contribution in [0.3, 0.4) is 0 Å². The number of anilines is 1. The molecule has 1 aromatic heterocycles. The van der Waals surface area contributed by atoms with E-state index < -0.39 is 0 Å². The zero-order valence-corrected chi connectivity index (χ0v) is 17.3. The van der Waals surface area contributed by atoms with Gasteiger partial charge in [-0.15, -0.1) is 0 Å². The number of hydrogen-bond donors (Lipinski definition) is 1. The fraction of sp³-hybridized carbons (Fsp3) is 0.130. The smallest absolute Gasteiger partial charge is 0.244 e. The topological polar surface area (TPSA) is 46.9 Å². The molecule has 1 heterocycles. The standard InChI is InChI=1S/C23H20BrN3O/c1-15-7-5-11-19(16(15)2)25-22(28)14-27-21-12-4-3-10-20(21)26-23(27)17-8-6-9-18(24)13-17/h3-13H,14H2,1-2H3,(H,25,28). The predicted octanol–water partition coefficient (Wildman–Crippen LogP) is 5.72. The van der Waals surface area contributed by atoms with Gasteiger partial charge in [0.2, 0.25) is 5.91 Å². The molecule has 140 valence electrons. The van der Waals surface area contributed by atoms with Crippen LogP contribution in [0.1, 0.15) is 11.1 Å². The van der Waals surface area contributed by atoms with Crippen LogP contribution >= 0.6 is 15.9 Å². The molecule has 4 aromatic rings. The summed E-state index contributed by atoms with van der Waals surface area (Å²) >= 11 is 3.52. The van der Waals surface area contributed by atoms with Gasteiger partial charge in [-0.3, -0.25) is 4.79 Å². The molecule has 1 N–H and O–H groups in total. The van der Waals surface area contributed by atoms with Crippen LogP contribution in [0.2, 0.25) is 0 Å². The fourth-order valence-electron chi connectivity index (χ4n) is 3.30. The van der Waals surface area contributed by atoms with E-state index in [0.717, 1.165) is 43.7 Å². The maximum Gasteiger partial charge on any atom is 0.244 e. The Hall–Kier alpha value is -2.92. The summed E-state index contributed by atoms with van der Waals surface area (Å²) in [4.78, 5) is 17.6. The number of fused-ring (bicyclic) bond motifs is 1. The number of imidazole rings is 1. The van der Waals surface area contributed by atoms with Gasteiger partial charge < -0.3 is 9.88 Å². The largest absolute Gasteiger partial charge is 0.324 e. The molecule has 1 amide bonds. The third-order valence-electron chi connectivity index (χ3n) is 4.92. The van der Waals surface area contributed by atoms with Crippen LogP contribution in [-0.2, 0) is 11.3 Å². The van der Waals surface area contributed by atoms with E-state index in [2.05, 4.69) is 21.2 Å². The van der Waals surface area contributed by atoms with Crippen molar-refractivity contribution in [1.82, 2.24) is 9.55 Å². The number of carbonyl (C=O) groups is 1. The summed E-state index contributed by atoms with van der Waals surface area (Å²) in [7, 11) is 0. The number of benzene rings is 3. The molecule has 4 nitrogen and oxygen atoms in total. The molecule has 0 saturated heterocycles. The van der Waals surface area contributed by atoms with Crippen LogP contribution in [0.5, 0.6) is 0 Å². The molecule has 0 aliphatic heterocycles. The van der Waals surface area contributed by atoms with E-state index in [0.29, 0.717) is 0 Å². The van der Waals surface area contributed by atoms with Crippen molar-refractivity contribution in [1.29, 1.82) is 0 Å². The van der Waals surface area contributed by atoms with Crippen LogP contribution in [0.25, 0.3) is 22.4 Å². The molecular formula is C23H20BrN3O. The lowest BCUT2D eigenvalue weighted by molar-refractivity contribution is -0.116. The van der Waals surface area contributed by atoms with E-state index in [1.165, 1.54) is 0 Å². The summed E-state index contributed by atoms with van der Waals surface area (Å²) in [5.41, 5.74) is 5.85. The molecule has 3 aromatic carbocycles. The molecule has 0 fully saturated rings. The molecule has 0 radical (unpaired) electrons. The third kappa shape index (κ3) is 3.58. The lowest BCUT2D eigenvalue weighted by Gasteiger charge is -2.13. The average molecular weight is 434 g/mol. The Kier molecular flexibility index (Phi) is 5.01. The molecule has 0 unspecified atom stereocenters. The highest BCUT2D eigenvalue weighted by Crippen LogP contribution is 2.27. The Balaban J connectivity index is 1.72. The van der Waals surface area contributed by atoms with Crippen LogP contribution in [-0.4, -0.2) is 15.5 Å². The van der Waals surface area contributed by atoms with Crippen molar-refractivity contribution >= 4 is 38.6 Å². The van der Waals surface area contributed by atoms with Crippen molar-refractivity contribution in [2.24, 2.45) is 0 Å². The molecule has 0 spiro atoms. The van der Waals surface area contributed by atoms with Gasteiger partial charge in [-0.2, -0.15) is 0 Å². The van der Waals surface area contributed by atoms with Crippen molar-refractivity contribution in [3.63, 3.8) is 0 Å². The number of aryl methyl sites for hydroxylation is 1. The van der Waals surface area contributed by atoms with Crippen LogP contribution in [0.4, 0.5) is 5.69 Å². The van der Waals surface area contributed by atoms with E-state index in [9.17, 15) is 4.79 Å². The number of halogens is 1. The third-order valence-corrected chi connectivity index (χ3v) is 5.41. The zero-order chi connectivity index (χ0) is 19.7. The molecule has 0 aliphatic rings. The Morgan fingerprint density at radius 3 is 2.64 bits per heavy atom.